The van der Waals surface area contributed by atoms with Crippen LogP contribution in [0.1, 0.15) is 31.1 Å². The average Bonchev–Trinajstić information content (AvgIpc) is 2.63. The molecule has 0 aliphatic rings. The van der Waals surface area contributed by atoms with Gasteiger partial charge in [0.25, 0.3) is 5.91 Å². The number of carbonyl (C=O) groups excluding carboxylic acids is 3. The van der Waals surface area contributed by atoms with Crippen molar-refractivity contribution in [1.29, 1.82) is 0 Å². The van der Waals surface area contributed by atoms with Crippen LogP contribution >= 0.6 is 0 Å². The fraction of sp³-hybridized carbons (Fsp3) is 0.250. The molecule has 7 heteroatoms. The van der Waals surface area contributed by atoms with Gasteiger partial charge in [-0.25, -0.2) is 4.79 Å². The van der Waals surface area contributed by atoms with E-state index in [1.54, 1.807) is 56.3 Å². The summed E-state index contributed by atoms with van der Waals surface area (Å²) in [4.78, 5) is 35.1. The molecule has 142 valence electrons. The zero-order chi connectivity index (χ0) is 19.8. The van der Waals surface area contributed by atoms with Crippen LogP contribution in [0.4, 0.5) is 11.4 Å². The number of hydrogen-bond acceptors (Lipinski definition) is 5. The van der Waals surface area contributed by atoms with Crippen LogP contribution in [0.3, 0.4) is 0 Å². The van der Waals surface area contributed by atoms with Crippen LogP contribution in [-0.4, -0.2) is 30.5 Å². The molecule has 27 heavy (non-hydrogen) atoms. The van der Waals surface area contributed by atoms with Crippen LogP contribution in [0.15, 0.2) is 48.5 Å². The number of rotatable bonds is 7. The van der Waals surface area contributed by atoms with Crippen molar-refractivity contribution in [1.82, 2.24) is 0 Å². The van der Waals surface area contributed by atoms with Crippen molar-refractivity contribution in [2.75, 3.05) is 17.2 Å². The lowest BCUT2D eigenvalue weighted by Crippen LogP contribution is -2.30. The van der Waals surface area contributed by atoms with Gasteiger partial charge in [-0.15, -0.1) is 0 Å². The van der Waals surface area contributed by atoms with E-state index >= 15 is 0 Å². The fourth-order valence-corrected chi connectivity index (χ4v) is 2.25. The van der Waals surface area contributed by atoms with Gasteiger partial charge in [-0.2, -0.15) is 0 Å². The van der Waals surface area contributed by atoms with Gasteiger partial charge in [0.1, 0.15) is 5.75 Å². The Kier molecular flexibility index (Phi) is 6.93. The molecule has 2 N–H and O–H groups in total. The molecule has 0 radical (unpaired) electrons. The maximum atomic E-state index is 12.3. The standard InChI is InChI=1S/C20H22N2O5/c1-4-26-20(25)15-6-5-7-18(12-15)27-13(2)19(24)22-17-10-8-16(9-11-17)21-14(3)23/h5-13H,4H2,1-3H3,(H,21,23)(H,22,24)/t13-/m0/s1. The molecule has 0 saturated carbocycles. The molecule has 0 saturated heterocycles. The Morgan fingerprint density at radius 2 is 1.63 bits per heavy atom. The normalized spacial score (nSPS) is 11.2. The minimum atomic E-state index is -0.780. The van der Waals surface area contributed by atoms with Crippen LogP contribution in [-0.2, 0) is 14.3 Å². The largest absolute Gasteiger partial charge is 0.481 e. The first-order chi connectivity index (χ1) is 12.9. The topological polar surface area (TPSA) is 93.7 Å². The molecule has 0 spiro atoms. The lowest BCUT2D eigenvalue weighted by Gasteiger charge is -2.15. The lowest BCUT2D eigenvalue weighted by atomic mass is 10.2. The smallest absolute Gasteiger partial charge is 0.338 e. The number of hydrogen-bond donors (Lipinski definition) is 2. The Balaban J connectivity index is 1.96. The molecule has 0 aromatic heterocycles. The van der Waals surface area contributed by atoms with E-state index in [-0.39, 0.29) is 18.4 Å². The van der Waals surface area contributed by atoms with Crippen LogP contribution < -0.4 is 15.4 Å². The first-order valence-corrected chi connectivity index (χ1v) is 8.51. The quantitative estimate of drug-likeness (QED) is 0.730. The molecule has 2 aromatic carbocycles. The number of nitrogens with one attached hydrogen (secondary N) is 2. The van der Waals surface area contributed by atoms with Crippen molar-refractivity contribution in [3.63, 3.8) is 0 Å². The molecule has 2 amide bonds. The second kappa shape index (κ2) is 9.38. The molecular formula is C20H22N2O5. The maximum Gasteiger partial charge on any atom is 0.338 e. The minimum absolute atomic E-state index is 0.168. The molecule has 2 rings (SSSR count). The van der Waals surface area contributed by atoms with Gasteiger partial charge in [-0.1, -0.05) is 6.07 Å². The summed E-state index contributed by atoms with van der Waals surface area (Å²) in [6.07, 6.45) is -0.780. The Hall–Kier alpha value is -3.35. The third kappa shape index (κ3) is 6.14. The fourth-order valence-electron chi connectivity index (χ4n) is 2.25. The van der Waals surface area contributed by atoms with Crippen molar-refractivity contribution >= 4 is 29.2 Å². The Bertz CT molecular complexity index is 817. The van der Waals surface area contributed by atoms with E-state index in [1.807, 2.05) is 0 Å². The SMILES string of the molecule is CCOC(=O)c1cccc(O[C@@H](C)C(=O)Nc2ccc(NC(C)=O)cc2)c1. The van der Waals surface area contributed by atoms with Crippen LogP contribution in [0.5, 0.6) is 5.75 Å². The van der Waals surface area contributed by atoms with Gasteiger partial charge in [-0.3, -0.25) is 9.59 Å². The predicted molar refractivity (Wildman–Crippen MR) is 102 cm³/mol. The molecule has 0 bridgehead atoms. The Morgan fingerprint density at radius 3 is 2.22 bits per heavy atom. The van der Waals surface area contributed by atoms with Crippen molar-refractivity contribution in [2.45, 2.75) is 26.9 Å². The number of carbonyl (C=O) groups is 3. The summed E-state index contributed by atoms with van der Waals surface area (Å²) < 4.78 is 10.6. The van der Waals surface area contributed by atoms with Crippen molar-refractivity contribution in [3.05, 3.63) is 54.1 Å². The second-order valence-electron chi connectivity index (χ2n) is 5.76. The third-order valence-electron chi connectivity index (χ3n) is 3.50. The summed E-state index contributed by atoms with van der Waals surface area (Å²) in [5, 5.41) is 5.38. The number of benzene rings is 2. The van der Waals surface area contributed by atoms with E-state index in [2.05, 4.69) is 10.6 Å². The first-order valence-electron chi connectivity index (χ1n) is 8.51. The van der Waals surface area contributed by atoms with Gasteiger partial charge in [0.2, 0.25) is 5.91 Å². The Morgan fingerprint density at radius 1 is 1.00 bits per heavy atom. The van der Waals surface area contributed by atoms with Gasteiger partial charge < -0.3 is 20.1 Å². The van der Waals surface area contributed by atoms with Crippen LogP contribution in [0, 0.1) is 0 Å². The molecule has 2 aromatic rings. The first kappa shape index (κ1) is 20.0. The van der Waals surface area contributed by atoms with Crippen molar-refractivity contribution in [3.8, 4) is 5.75 Å². The summed E-state index contributed by atoms with van der Waals surface area (Å²) in [5.41, 5.74) is 1.57. The highest BCUT2D eigenvalue weighted by atomic mass is 16.5. The minimum Gasteiger partial charge on any atom is -0.481 e. The van der Waals surface area contributed by atoms with Crippen molar-refractivity contribution in [2.24, 2.45) is 0 Å². The summed E-state index contributed by atoms with van der Waals surface area (Å²) in [7, 11) is 0. The van der Waals surface area contributed by atoms with Gasteiger partial charge in [0.05, 0.1) is 12.2 Å². The molecule has 0 aliphatic carbocycles. The van der Waals surface area contributed by atoms with Crippen LogP contribution in [0.25, 0.3) is 0 Å². The number of anilines is 2. The molecule has 0 unspecified atom stereocenters. The monoisotopic (exact) mass is 370 g/mol. The molecule has 7 nitrogen and oxygen atoms in total. The van der Waals surface area contributed by atoms with E-state index in [9.17, 15) is 14.4 Å². The average molecular weight is 370 g/mol. The summed E-state index contributed by atoms with van der Waals surface area (Å²) in [6.45, 7) is 5.04. The maximum absolute atomic E-state index is 12.3. The Labute approximate surface area is 157 Å². The van der Waals surface area contributed by atoms with E-state index in [0.29, 0.717) is 22.7 Å². The van der Waals surface area contributed by atoms with Gasteiger partial charge in [0, 0.05) is 18.3 Å². The zero-order valence-corrected chi connectivity index (χ0v) is 15.4. The zero-order valence-electron chi connectivity index (χ0n) is 15.4. The van der Waals surface area contributed by atoms with E-state index in [4.69, 9.17) is 9.47 Å². The summed E-state index contributed by atoms with van der Waals surface area (Å²) >= 11 is 0. The summed E-state index contributed by atoms with van der Waals surface area (Å²) in [6, 6.07) is 13.2. The molecular weight excluding hydrogens is 348 g/mol. The second-order valence-corrected chi connectivity index (χ2v) is 5.76. The lowest BCUT2D eigenvalue weighted by molar-refractivity contribution is -0.122. The van der Waals surface area contributed by atoms with E-state index in [0.717, 1.165) is 0 Å². The van der Waals surface area contributed by atoms with Gasteiger partial charge in [-0.05, 0) is 56.3 Å². The highest BCUT2D eigenvalue weighted by Gasteiger charge is 2.16. The molecule has 1 atom stereocenters. The van der Waals surface area contributed by atoms with Gasteiger partial charge in [0.15, 0.2) is 6.10 Å². The molecule has 0 aliphatic heterocycles. The van der Waals surface area contributed by atoms with Gasteiger partial charge >= 0.3 is 5.97 Å². The molecule has 0 heterocycles. The highest BCUT2D eigenvalue weighted by Crippen LogP contribution is 2.17. The number of ether oxygens (including phenoxy) is 2. The van der Waals surface area contributed by atoms with Crippen molar-refractivity contribution < 1.29 is 23.9 Å². The predicted octanol–water partition coefficient (Wildman–Crippen LogP) is 3.23. The molecule has 0 fully saturated rings. The van der Waals surface area contributed by atoms with E-state index < -0.39 is 12.1 Å². The third-order valence-corrected chi connectivity index (χ3v) is 3.50. The van der Waals surface area contributed by atoms with E-state index in [1.165, 1.54) is 13.0 Å². The van der Waals surface area contributed by atoms with Crippen LogP contribution in [0.2, 0.25) is 0 Å². The number of amides is 2. The highest BCUT2D eigenvalue weighted by molar-refractivity contribution is 5.95. The number of esters is 1. The summed E-state index contributed by atoms with van der Waals surface area (Å²) in [5.74, 6) is -0.564.